The van der Waals surface area contributed by atoms with Crippen molar-refractivity contribution in [2.24, 2.45) is 4.99 Å². The first-order chi connectivity index (χ1) is 18.6. The number of aromatic nitrogens is 4. The van der Waals surface area contributed by atoms with Crippen LogP contribution >= 0.6 is 11.6 Å². The van der Waals surface area contributed by atoms with E-state index in [1.54, 1.807) is 29.2 Å². The van der Waals surface area contributed by atoms with Crippen molar-refractivity contribution in [3.05, 3.63) is 111 Å². The molecule has 0 fully saturated rings. The van der Waals surface area contributed by atoms with Crippen LogP contribution in [-0.2, 0) is 29.0 Å². The lowest BCUT2D eigenvalue weighted by atomic mass is 9.87. The number of Topliss-reactive ketones (excluding diaryl/α,β-unsaturated/α-hetero) is 1. The largest absolute Gasteiger partial charge is 0.325 e. The molecular weight excluding hydrogens is 500 g/mol. The predicted octanol–water partition coefficient (Wildman–Crippen LogP) is 4.20. The fourth-order valence-electron chi connectivity index (χ4n) is 5.12. The number of aliphatic imine (C=N–C) groups is 1. The molecule has 9 heteroatoms. The van der Waals surface area contributed by atoms with E-state index in [1.807, 2.05) is 48.7 Å². The molecule has 0 N–H and O–H groups in total. The van der Waals surface area contributed by atoms with E-state index >= 15 is 0 Å². The second-order valence-corrected chi connectivity index (χ2v) is 9.76. The highest BCUT2D eigenvalue weighted by Gasteiger charge is 2.34. The van der Waals surface area contributed by atoms with Crippen molar-refractivity contribution in [3.8, 4) is 5.69 Å². The topological polar surface area (TPSA) is 93.3 Å². The highest BCUT2D eigenvalue weighted by Crippen LogP contribution is 2.32. The van der Waals surface area contributed by atoms with Crippen LogP contribution in [0.5, 0.6) is 0 Å². The maximum absolute atomic E-state index is 13.8. The number of benzene rings is 3. The van der Waals surface area contributed by atoms with E-state index in [0.29, 0.717) is 35.8 Å². The number of hydrogen-bond donors (Lipinski definition) is 0. The van der Waals surface area contributed by atoms with Gasteiger partial charge in [-0.3, -0.25) is 14.6 Å². The quantitative estimate of drug-likeness (QED) is 0.354. The van der Waals surface area contributed by atoms with Gasteiger partial charge in [-0.05, 0) is 68.9 Å². The second-order valence-electron chi connectivity index (χ2n) is 9.32. The molecule has 1 aromatic heterocycles. The van der Waals surface area contributed by atoms with Crippen LogP contribution in [0.4, 0.5) is 0 Å². The van der Waals surface area contributed by atoms with Gasteiger partial charge in [-0.25, -0.2) is 0 Å². The van der Waals surface area contributed by atoms with Crippen molar-refractivity contribution in [2.75, 3.05) is 6.54 Å². The molecule has 0 radical (unpaired) electrons. The zero-order valence-corrected chi connectivity index (χ0v) is 21.1. The zero-order chi connectivity index (χ0) is 26.1. The molecule has 0 bridgehead atoms. The Hall–Kier alpha value is -4.43. The number of amides is 1. The minimum atomic E-state index is -0.667. The summed E-state index contributed by atoms with van der Waals surface area (Å²) in [7, 11) is 0. The number of halogens is 1. The standard InChI is InChI=1S/C29H23ClN6O2/c30-24-8-9-26(36-18-32-33-34-36)21(15-24)7-10-28(38)35-12-11-20-3-1-2-4-25(20)29(35)27(37)14-19-5-6-22-16-31-17-23(22)13-19/h1-10,13,15-16,18,29H,11-12,14,17H2/b10-7+/t29-/m0/s1. The average molecular weight is 523 g/mol. The highest BCUT2D eigenvalue weighted by atomic mass is 35.5. The minimum absolute atomic E-state index is 0.0186. The molecule has 3 heterocycles. The number of tetrazole rings is 1. The number of carbonyl (C=O) groups excluding carboxylic acids is 2. The van der Waals surface area contributed by atoms with Crippen LogP contribution < -0.4 is 0 Å². The van der Waals surface area contributed by atoms with Crippen LogP contribution in [-0.4, -0.2) is 49.6 Å². The molecule has 38 heavy (non-hydrogen) atoms. The van der Waals surface area contributed by atoms with Gasteiger partial charge in [0.2, 0.25) is 5.91 Å². The lowest BCUT2D eigenvalue weighted by molar-refractivity contribution is -0.136. The van der Waals surface area contributed by atoms with Gasteiger partial charge in [0.25, 0.3) is 0 Å². The number of carbonyl (C=O) groups is 2. The highest BCUT2D eigenvalue weighted by molar-refractivity contribution is 6.30. The summed E-state index contributed by atoms with van der Waals surface area (Å²) < 4.78 is 1.51. The Balaban J connectivity index is 1.29. The van der Waals surface area contributed by atoms with E-state index < -0.39 is 6.04 Å². The molecule has 1 atom stereocenters. The van der Waals surface area contributed by atoms with Gasteiger partial charge in [0, 0.05) is 35.8 Å². The third-order valence-corrected chi connectivity index (χ3v) is 7.18. The summed E-state index contributed by atoms with van der Waals surface area (Å²) in [6.45, 7) is 1.08. The van der Waals surface area contributed by atoms with Gasteiger partial charge in [0.15, 0.2) is 5.78 Å². The van der Waals surface area contributed by atoms with E-state index in [0.717, 1.165) is 27.8 Å². The number of rotatable bonds is 6. The third kappa shape index (κ3) is 4.66. The summed E-state index contributed by atoms with van der Waals surface area (Å²) in [4.78, 5) is 33.3. The predicted molar refractivity (Wildman–Crippen MR) is 144 cm³/mol. The van der Waals surface area contributed by atoms with Gasteiger partial charge in [-0.2, -0.15) is 4.68 Å². The summed E-state index contributed by atoms with van der Waals surface area (Å²) in [5, 5.41) is 11.8. The van der Waals surface area contributed by atoms with Crippen molar-refractivity contribution >= 4 is 35.6 Å². The van der Waals surface area contributed by atoms with E-state index in [-0.39, 0.29) is 18.1 Å². The molecule has 2 aliphatic rings. The van der Waals surface area contributed by atoms with Crippen molar-refractivity contribution in [1.82, 2.24) is 25.1 Å². The Bertz CT molecular complexity index is 1590. The van der Waals surface area contributed by atoms with Gasteiger partial charge in [-0.1, -0.05) is 54.1 Å². The summed E-state index contributed by atoms with van der Waals surface area (Å²) in [5.41, 5.74) is 6.47. The van der Waals surface area contributed by atoms with E-state index in [1.165, 1.54) is 17.1 Å². The molecule has 8 nitrogen and oxygen atoms in total. The molecule has 3 aromatic carbocycles. The van der Waals surface area contributed by atoms with E-state index in [2.05, 4.69) is 20.5 Å². The number of fused-ring (bicyclic) bond motifs is 2. The zero-order valence-electron chi connectivity index (χ0n) is 20.4. The Morgan fingerprint density at radius 1 is 1.05 bits per heavy atom. The molecule has 1 amide bonds. The molecule has 0 saturated carbocycles. The molecule has 0 aliphatic carbocycles. The summed E-state index contributed by atoms with van der Waals surface area (Å²) in [5.74, 6) is -0.266. The molecule has 0 saturated heterocycles. The van der Waals surface area contributed by atoms with Crippen LogP contribution in [0.15, 0.2) is 78.1 Å². The monoisotopic (exact) mass is 522 g/mol. The van der Waals surface area contributed by atoms with Crippen molar-refractivity contribution in [1.29, 1.82) is 0 Å². The molecule has 0 unspecified atom stereocenters. The van der Waals surface area contributed by atoms with Crippen molar-refractivity contribution < 1.29 is 9.59 Å². The first kappa shape index (κ1) is 23.9. The lowest BCUT2D eigenvalue weighted by Crippen LogP contribution is -2.43. The van der Waals surface area contributed by atoms with Gasteiger partial charge in [0.05, 0.1) is 12.2 Å². The van der Waals surface area contributed by atoms with Crippen LogP contribution in [0.2, 0.25) is 5.02 Å². The van der Waals surface area contributed by atoms with E-state index in [9.17, 15) is 9.59 Å². The Labute approximate surface area is 224 Å². The molecule has 4 aromatic rings. The first-order valence-electron chi connectivity index (χ1n) is 12.3. The Kier molecular flexibility index (Phi) is 6.39. The second kappa shape index (κ2) is 10.1. The molecule has 0 spiro atoms. The van der Waals surface area contributed by atoms with Crippen LogP contribution in [0.3, 0.4) is 0 Å². The van der Waals surface area contributed by atoms with Gasteiger partial charge in [0.1, 0.15) is 12.4 Å². The molecular formula is C29H23ClN6O2. The Morgan fingerprint density at radius 2 is 1.95 bits per heavy atom. The third-order valence-electron chi connectivity index (χ3n) is 6.94. The molecule has 2 aliphatic heterocycles. The lowest BCUT2D eigenvalue weighted by Gasteiger charge is -2.36. The normalized spacial score (nSPS) is 16.0. The van der Waals surface area contributed by atoms with E-state index in [4.69, 9.17) is 11.6 Å². The number of hydrogen-bond acceptors (Lipinski definition) is 6. The van der Waals surface area contributed by atoms with Crippen LogP contribution in [0, 0.1) is 0 Å². The molecule has 6 rings (SSSR count). The SMILES string of the molecule is O=C(Cc1ccc2c(c1)CN=C2)[C@@H]1c2ccccc2CCN1C(=O)/C=C/c1cc(Cl)ccc1-n1cnnn1. The fraction of sp³-hybridized carbons (Fsp3) is 0.172. The van der Waals surface area contributed by atoms with Crippen LogP contribution in [0.25, 0.3) is 11.8 Å². The average Bonchev–Trinajstić information content (AvgIpc) is 3.63. The summed E-state index contributed by atoms with van der Waals surface area (Å²) >= 11 is 6.23. The smallest absolute Gasteiger partial charge is 0.247 e. The Morgan fingerprint density at radius 3 is 2.82 bits per heavy atom. The fourth-order valence-corrected chi connectivity index (χ4v) is 5.30. The van der Waals surface area contributed by atoms with Gasteiger partial charge in [-0.15, -0.1) is 5.10 Å². The van der Waals surface area contributed by atoms with Crippen LogP contribution in [0.1, 0.15) is 39.4 Å². The maximum Gasteiger partial charge on any atom is 0.247 e. The maximum atomic E-state index is 13.8. The molecule has 188 valence electrons. The first-order valence-corrected chi connectivity index (χ1v) is 12.7. The number of nitrogens with zero attached hydrogens (tertiary/aromatic N) is 6. The van der Waals surface area contributed by atoms with Gasteiger partial charge < -0.3 is 4.90 Å². The minimum Gasteiger partial charge on any atom is -0.325 e. The summed E-state index contributed by atoms with van der Waals surface area (Å²) in [6.07, 6.45) is 7.42. The summed E-state index contributed by atoms with van der Waals surface area (Å²) in [6, 6.07) is 18.5. The van der Waals surface area contributed by atoms with Crippen molar-refractivity contribution in [3.63, 3.8) is 0 Å². The number of ketones is 1. The van der Waals surface area contributed by atoms with Gasteiger partial charge >= 0.3 is 0 Å². The van der Waals surface area contributed by atoms with Crippen molar-refractivity contribution in [2.45, 2.75) is 25.4 Å².